The maximum Gasteiger partial charge on any atom is 0.416 e. The third-order valence-electron chi connectivity index (χ3n) is 6.02. The molecule has 4 rings (SSSR count). The molecule has 0 amide bonds. The van der Waals surface area contributed by atoms with E-state index in [0.29, 0.717) is 22.8 Å². The molecule has 3 aromatic carbocycles. The van der Waals surface area contributed by atoms with Crippen molar-refractivity contribution in [2.75, 3.05) is 6.54 Å². The Morgan fingerprint density at radius 2 is 1.86 bits per heavy atom. The first-order chi connectivity index (χ1) is 16.9. The van der Waals surface area contributed by atoms with Crippen molar-refractivity contribution in [1.29, 1.82) is 0 Å². The van der Waals surface area contributed by atoms with Crippen LogP contribution in [-0.2, 0) is 16.0 Å². The Hall–Kier alpha value is -2.88. The van der Waals surface area contributed by atoms with E-state index in [4.69, 9.17) is 22.1 Å². The number of rotatable bonds is 5. The molecule has 4 nitrogen and oxygen atoms in total. The van der Waals surface area contributed by atoms with E-state index in [2.05, 4.69) is 0 Å². The van der Waals surface area contributed by atoms with E-state index >= 15 is 0 Å². The minimum Gasteiger partial charge on any atom is -0.489 e. The second kappa shape index (κ2) is 9.88. The molecule has 0 spiro atoms. The molecule has 3 aromatic rings. The van der Waals surface area contributed by atoms with Crippen molar-refractivity contribution < 1.29 is 30.7 Å². The second-order valence-corrected chi connectivity index (χ2v) is 11.0. The van der Waals surface area contributed by atoms with E-state index in [1.54, 1.807) is 37.3 Å². The maximum atomic E-state index is 14.4. The molecule has 0 aromatic heterocycles. The van der Waals surface area contributed by atoms with Gasteiger partial charge in [0.1, 0.15) is 17.7 Å². The van der Waals surface area contributed by atoms with Gasteiger partial charge in [0, 0.05) is 24.1 Å². The van der Waals surface area contributed by atoms with E-state index in [9.17, 15) is 26.0 Å². The Labute approximate surface area is 211 Å². The third-order valence-corrected chi connectivity index (χ3v) is 8.44. The van der Waals surface area contributed by atoms with Crippen LogP contribution in [0.25, 0.3) is 11.6 Å². The molecule has 2 atom stereocenters. The van der Waals surface area contributed by atoms with Crippen LogP contribution in [-0.4, -0.2) is 21.1 Å². The second-order valence-electron chi connectivity index (χ2n) is 8.49. The molecule has 0 fully saturated rings. The van der Waals surface area contributed by atoms with E-state index in [0.717, 1.165) is 18.2 Å². The summed E-state index contributed by atoms with van der Waals surface area (Å²) in [5, 5.41) is -0.968. The van der Waals surface area contributed by atoms with E-state index in [1.165, 1.54) is 12.1 Å². The predicted molar refractivity (Wildman–Crippen MR) is 131 cm³/mol. The summed E-state index contributed by atoms with van der Waals surface area (Å²) in [7, 11) is -4.25. The zero-order valence-electron chi connectivity index (χ0n) is 19.0. The summed E-state index contributed by atoms with van der Waals surface area (Å²) >= 11 is 6.16. The Bertz CT molecular complexity index is 1420. The highest BCUT2D eigenvalue weighted by atomic mass is 35.5. The first-order valence-corrected chi connectivity index (χ1v) is 12.9. The highest BCUT2D eigenvalue weighted by Crippen LogP contribution is 2.44. The van der Waals surface area contributed by atoms with Crippen LogP contribution >= 0.6 is 11.6 Å². The van der Waals surface area contributed by atoms with Crippen LogP contribution < -0.4 is 10.5 Å². The fourth-order valence-electron chi connectivity index (χ4n) is 4.26. The fourth-order valence-corrected chi connectivity index (χ4v) is 6.44. The predicted octanol–water partition coefficient (Wildman–Crippen LogP) is 6.68. The van der Waals surface area contributed by atoms with Crippen molar-refractivity contribution in [1.82, 2.24) is 0 Å². The van der Waals surface area contributed by atoms with E-state index in [-0.39, 0.29) is 29.3 Å². The quantitative estimate of drug-likeness (QED) is 0.290. The summed E-state index contributed by atoms with van der Waals surface area (Å²) in [6.07, 6.45) is -3.72. The molecule has 0 saturated carbocycles. The molecule has 0 radical (unpaired) electrons. The molecule has 10 heteroatoms. The van der Waals surface area contributed by atoms with Gasteiger partial charge >= 0.3 is 6.18 Å². The number of hydrogen-bond donors (Lipinski definition) is 1. The normalized spacial score (nSPS) is 18.5. The molecule has 2 N–H and O–H groups in total. The first kappa shape index (κ1) is 26.2. The SMILES string of the molecule is C/C(=C\c1ccc2c(c1)C(S(=O)(=O)c1cccc(C(F)(F)F)c1)CC(CN)O2)c1c(F)cccc1Cl. The first-order valence-electron chi connectivity index (χ1n) is 11.0. The minimum atomic E-state index is -4.69. The van der Waals surface area contributed by atoms with Gasteiger partial charge in [0.05, 0.1) is 20.7 Å². The lowest BCUT2D eigenvalue weighted by molar-refractivity contribution is -0.137. The van der Waals surface area contributed by atoms with E-state index < -0.39 is 43.6 Å². The Morgan fingerprint density at radius 3 is 2.53 bits per heavy atom. The molecule has 0 aliphatic carbocycles. The summed E-state index contributed by atoms with van der Waals surface area (Å²) in [6.45, 7) is 1.70. The Morgan fingerprint density at radius 1 is 1.14 bits per heavy atom. The smallest absolute Gasteiger partial charge is 0.416 e. The van der Waals surface area contributed by atoms with Gasteiger partial charge in [-0.1, -0.05) is 35.9 Å². The fraction of sp³-hybridized carbons (Fsp3) is 0.231. The summed E-state index contributed by atoms with van der Waals surface area (Å²) in [5.74, 6) is -0.232. The van der Waals surface area contributed by atoms with Crippen molar-refractivity contribution in [3.63, 3.8) is 0 Å². The molecule has 0 saturated heterocycles. The van der Waals surface area contributed by atoms with Crippen LogP contribution in [0, 0.1) is 5.82 Å². The van der Waals surface area contributed by atoms with Gasteiger partial charge in [-0.05, 0) is 60.5 Å². The third kappa shape index (κ3) is 5.14. The number of sulfone groups is 1. The van der Waals surface area contributed by atoms with Crippen LogP contribution in [0.4, 0.5) is 17.6 Å². The number of ether oxygens (including phenoxy) is 1. The van der Waals surface area contributed by atoms with Crippen LogP contribution in [0.2, 0.25) is 5.02 Å². The lowest BCUT2D eigenvalue weighted by atomic mass is 9.97. The molecular weight excluding hydrogens is 518 g/mol. The monoisotopic (exact) mass is 539 g/mol. The van der Waals surface area contributed by atoms with Crippen molar-refractivity contribution in [3.8, 4) is 5.75 Å². The van der Waals surface area contributed by atoms with Gasteiger partial charge in [-0.2, -0.15) is 13.2 Å². The Balaban J connectivity index is 1.80. The van der Waals surface area contributed by atoms with Crippen LogP contribution in [0.1, 0.15) is 40.8 Å². The number of hydrogen-bond acceptors (Lipinski definition) is 4. The standard InChI is InChI=1S/C26H22ClF4NO3S/c1-15(25-21(27)6-3-7-22(25)28)10-16-8-9-23-20(11-16)24(13-18(14-32)35-23)36(33,34)19-5-2-4-17(12-19)26(29,30)31/h2-12,18,24H,13-14,32H2,1H3/b15-10+. The van der Waals surface area contributed by atoms with Crippen molar-refractivity contribution >= 4 is 33.1 Å². The molecular formula is C26H22ClF4NO3S. The molecule has 190 valence electrons. The van der Waals surface area contributed by atoms with Gasteiger partial charge in [-0.3, -0.25) is 0 Å². The van der Waals surface area contributed by atoms with Crippen LogP contribution in [0.15, 0.2) is 65.6 Å². The number of fused-ring (bicyclic) bond motifs is 1. The van der Waals surface area contributed by atoms with Gasteiger partial charge in [0.15, 0.2) is 9.84 Å². The average Bonchev–Trinajstić information content (AvgIpc) is 2.82. The van der Waals surface area contributed by atoms with Gasteiger partial charge in [-0.15, -0.1) is 0 Å². The molecule has 1 heterocycles. The summed E-state index contributed by atoms with van der Waals surface area (Å²) < 4.78 is 87.1. The summed E-state index contributed by atoms with van der Waals surface area (Å²) in [5.41, 5.74) is 6.25. The number of alkyl halides is 3. The van der Waals surface area contributed by atoms with Crippen LogP contribution in [0.5, 0.6) is 5.75 Å². The minimum absolute atomic E-state index is 0.0284. The number of allylic oxidation sites excluding steroid dienone is 1. The highest BCUT2D eigenvalue weighted by Gasteiger charge is 2.39. The molecule has 0 bridgehead atoms. The molecule has 1 aliphatic rings. The van der Waals surface area contributed by atoms with E-state index in [1.807, 2.05) is 0 Å². The largest absolute Gasteiger partial charge is 0.489 e. The van der Waals surface area contributed by atoms with Crippen molar-refractivity contribution in [2.45, 2.75) is 35.8 Å². The highest BCUT2D eigenvalue weighted by molar-refractivity contribution is 7.91. The van der Waals surface area contributed by atoms with Gasteiger partial charge < -0.3 is 10.5 Å². The van der Waals surface area contributed by atoms with Gasteiger partial charge in [-0.25, -0.2) is 12.8 Å². The van der Waals surface area contributed by atoms with Crippen molar-refractivity contribution in [3.05, 3.63) is 93.8 Å². The van der Waals surface area contributed by atoms with Crippen LogP contribution in [0.3, 0.4) is 0 Å². The summed E-state index contributed by atoms with van der Waals surface area (Å²) in [6, 6.07) is 12.8. The van der Waals surface area contributed by atoms with Crippen molar-refractivity contribution in [2.24, 2.45) is 5.73 Å². The molecule has 36 heavy (non-hydrogen) atoms. The summed E-state index contributed by atoms with van der Waals surface area (Å²) in [4.78, 5) is -0.443. The molecule has 2 unspecified atom stereocenters. The number of benzene rings is 3. The van der Waals surface area contributed by atoms with Gasteiger partial charge in [0.25, 0.3) is 0 Å². The maximum absolute atomic E-state index is 14.4. The molecule has 1 aliphatic heterocycles. The average molecular weight is 540 g/mol. The zero-order valence-corrected chi connectivity index (χ0v) is 20.6. The zero-order chi connectivity index (χ0) is 26.3. The Kier molecular flexibility index (Phi) is 7.19. The number of nitrogens with two attached hydrogens (primary N) is 1. The lowest BCUT2D eigenvalue weighted by Gasteiger charge is -2.32. The van der Waals surface area contributed by atoms with Gasteiger partial charge in [0.2, 0.25) is 0 Å². The topological polar surface area (TPSA) is 69.4 Å². The lowest BCUT2D eigenvalue weighted by Crippen LogP contribution is -2.35. The number of halogens is 5.